The van der Waals surface area contributed by atoms with Gasteiger partial charge in [0.25, 0.3) is 0 Å². The zero-order chi connectivity index (χ0) is 8.27. The number of rotatable bonds is 3. The Hall–Kier alpha value is -0.340. The van der Waals surface area contributed by atoms with E-state index in [4.69, 9.17) is 4.74 Å². The molecule has 0 radical (unpaired) electrons. The summed E-state index contributed by atoms with van der Waals surface area (Å²) in [5.41, 5.74) is 1.02. The van der Waals surface area contributed by atoms with Gasteiger partial charge in [-0.05, 0) is 26.2 Å². The average Bonchev–Trinajstić information content (AvgIpc) is 2.31. The lowest BCUT2D eigenvalue weighted by Gasteiger charge is -2.14. The highest BCUT2D eigenvalue weighted by Crippen LogP contribution is 2.21. The van der Waals surface area contributed by atoms with Crippen LogP contribution in [0.2, 0.25) is 0 Å². The minimum absolute atomic E-state index is 0.0618. The molecule has 0 aliphatic heterocycles. The lowest BCUT2D eigenvalue weighted by atomic mass is 10.2. The van der Waals surface area contributed by atoms with Crippen LogP contribution in [0.5, 0.6) is 0 Å². The third-order valence-electron chi connectivity index (χ3n) is 1.96. The van der Waals surface area contributed by atoms with Gasteiger partial charge >= 0.3 is 0 Å². The highest BCUT2D eigenvalue weighted by Gasteiger charge is 2.25. The van der Waals surface area contributed by atoms with Gasteiger partial charge in [0.05, 0.1) is 18.8 Å². The molecule has 1 aliphatic carbocycles. The fourth-order valence-electron chi connectivity index (χ4n) is 1.35. The van der Waals surface area contributed by atoms with Crippen molar-refractivity contribution >= 4 is 0 Å². The van der Waals surface area contributed by atoms with E-state index in [0.29, 0.717) is 6.61 Å². The minimum Gasteiger partial charge on any atom is -0.390 e. The lowest BCUT2D eigenvalue weighted by molar-refractivity contribution is -0.00867. The van der Waals surface area contributed by atoms with E-state index in [0.717, 1.165) is 24.8 Å². The molecule has 1 fully saturated rings. The first kappa shape index (κ1) is 8.75. The number of ether oxygens (including phenoxy) is 1. The van der Waals surface area contributed by atoms with Crippen LogP contribution in [-0.4, -0.2) is 23.9 Å². The quantitative estimate of drug-likeness (QED) is 0.627. The highest BCUT2D eigenvalue weighted by atomic mass is 16.5. The van der Waals surface area contributed by atoms with Crippen LogP contribution in [-0.2, 0) is 4.74 Å². The van der Waals surface area contributed by atoms with E-state index in [-0.39, 0.29) is 12.2 Å². The highest BCUT2D eigenvalue weighted by molar-refractivity contribution is 4.89. The number of aliphatic hydroxyl groups is 1. The van der Waals surface area contributed by atoms with Gasteiger partial charge in [-0.15, -0.1) is 0 Å². The molecule has 11 heavy (non-hydrogen) atoms. The van der Waals surface area contributed by atoms with Crippen molar-refractivity contribution in [1.82, 2.24) is 0 Å². The van der Waals surface area contributed by atoms with Gasteiger partial charge in [0, 0.05) is 0 Å². The third-order valence-corrected chi connectivity index (χ3v) is 1.96. The zero-order valence-corrected chi connectivity index (χ0v) is 7.05. The van der Waals surface area contributed by atoms with Gasteiger partial charge in [-0.1, -0.05) is 12.2 Å². The van der Waals surface area contributed by atoms with Crippen LogP contribution < -0.4 is 0 Å². The maximum atomic E-state index is 9.35. The summed E-state index contributed by atoms with van der Waals surface area (Å²) in [4.78, 5) is 0. The van der Waals surface area contributed by atoms with Crippen molar-refractivity contribution in [3.63, 3.8) is 0 Å². The molecule has 64 valence electrons. The Morgan fingerprint density at radius 2 is 2.36 bits per heavy atom. The molecule has 2 nitrogen and oxygen atoms in total. The smallest absolute Gasteiger partial charge is 0.0838 e. The summed E-state index contributed by atoms with van der Waals surface area (Å²) in [6.45, 7) is 6.25. The van der Waals surface area contributed by atoms with E-state index >= 15 is 0 Å². The molecule has 1 saturated carbocycles. The molecule has 0 aromatic heterocycles. The SMILES string of the molecule is C=C(C)CO[C@@H]1CCC[C@@H]1O. The fraction of sp³-hybridized carbons (Fsp3) is 0.778. The molecule has 0 heterocycles. The summed E-state index contributed by atoms with van der Waals surface area (Å²) in [6.07, 6.45) is 2.79. The largest absolute Gasteiger partial charge is 0.390 e. The molecule has 1 aliphatic rings. The summed E-state index contributed by atoms with van der Waals surface area (Å²) in [5.74, 6) is 0. The first-order valence-electron chi connectivity index (χ1n) is 4.14. The normalized spacial score (nSPS) is 30.7. The van der Waals surface area contributed by atoms with Crippen LogP contribution in [0, 0.1) is 0 Å². The van der Waals surface area contributed by atoms with E-state index in [1.807, 2.05) is 6.92 Å². The van der Waals surface area contributed by atoms with E-state index in [2.05, 4.69) is 6.58 Å². The topological polar surface area (TPSA) is 29.5 Å². The second-order valence-corrected chi connectivity index (χ2v) is 3.30. The molecule has 0 saturated heterocycles. The van der Waals surface area contributed by atoms with Crippen LogP contribution in [0.25, 0.3) is 0 Å². The van der Waals surface area contributed by atoms with Gasteiger partial charge in [-0.2, -0.15) is 0 Å². The molecule has 0 aromatic carbocycles. The van der Waals surface area contributed by atoms with E-state index in [1.54, 1.807) is 0 Å². The van der Waals surface area contributed by atoms with Gasteiger partial charge in [-0.3, -0.25) is 0 Å². The number of hydrogen-bond acceptors (Lipinski definition) is 2. The Morgan fingerprint density at radius 3 is 2.82 bits per heavy atom. The van der Waals surface area contributed by atoms with Crippen LogP contribution in [0.15, 0.2) is 12.2 Å². The van der Waals surface area contributed by atoms with Gasteiger partial charge in [-0.25, -0.2) is 0 Å². The molecule has 0 unspecified atom stereocenters. The van der Waals surface area contributed by atoms with Gasteiger partial charge in [0.1, 0.15) is 0 Å². The third kappa shape index (κ3) is 2.64. The Labute approximate surface area is 67.9 Å². The zero-order valence-electron chi connectivity index (χ0n) is 7.05. The molecule has 0 bridgehead atoms. The Kier molecular flexibility index (Phi) is 3.09. The summed E-state index contributed by atoms with van der Waals surface area (Å²) in [7, 11) is 0. The summed E-state index contributed by atoms with van der Waals surface area (Å²) >= 11 is 0. The predicted octanol–water partition coefficient (Wildman–Crippen LogP) is 1.49. The molecule has 1 N–H and O–H groups in total. The van der Waals surface area contributed by atoms with Crippen molar-refractivity contribution in [3.8, 4) is 0 Å². The monoisotopic (exact) mass is 156 g/mol. The Bertz CT molecular complexity index is 142. The number of hydrogen-bond donors (Lipinski definition) is 1. The molecular weight excluding hydrogens is 140 g/mol. The van der Waals surface area contributed by atoms with Crippen molar-refractivity contribution in [2.45, 2.75) is 38.4 Å². The molecule has 2 atom stereocenters. The summed E-state index contributed by atoms with van der Waals surface area (Å²) in [5, 5.41) is 9.35. The molecule has 0 spiro atoms. The molecule has 0 amide bonds. The van der Waals surface area contributed by atoms with Crippen LogP contribution >= 0.6 is 0 Å². The Balaban J connectivity index is 2.20. The van der Waals surface area contributed by atoms with Gasteiger partial charge in [0.15, 0.2) is 0 Å². The molecular formula is C9H16O2. The van der Waals surface area contributed by atoms with Crippen LogP contribution in [0.3, 0.4) is 0 Å². The van der Waals surface area contributed by atoms with Crippen molar-refractivity contribution in [2.75, 3.05) is 6.61 Å². The number of aliphatic hydroxyl groups excluding tert-OH is 1. The van der Waals surface area contributed by atoms with Crippen LogP contribution in [0.1, 0.15) is 26.2 Å². The van der Waals surface area contributed by atoms with Crippen molar-refractivity contribution < 1.29 is 9.84 Å². The second-order valence-electron chi connectivity index (χ2n) is 3.30. The average molecular weight is 156 g/mol. The first-order chi connectivity index (χ1) is 5.20. The molecule has 2 heteroatoms. The molecule has 0 aromatic rings. The van der Waals surface area contributed by atoms with Crippen LogP contribution in [0.4, 0.5) is 0 Å². The van der Waals surface area contributed by atoms with E-state index in [1.165, 1.54) is 0 Å². The summed E-state index contributed by atoms with van der Waals surface area (Å²) < 4.78 is 5.43. The first-order valence-corrected chi connectivity index (χ1v) is 4.14. The van der Waals surface area contributed by atoms with E-state index < -0.39 is 0 Å². The lowest BCUT2D eigenvalue weighted by Crippen LogP contribution is -2.23. The van der Waals surface area contributed by atoms with Crippen molar-refractivity contribution in [2.24, 2.45) is 0 Å². The van der Waals surface area contributed by atoms with E-state index in [9.17, 15) is 5.11 Å². The molecule has 1 rings (SSSR count). The Morgan fingerprint density at radius 1 is 1.64 bits per heavy atom. The van der Waals surface area contributed by atoms with Crippen molar-refractivity contribution in [1.29, 1.82) is 0 Å². The maximum absolute atomic E-state index is 9.35. The van der Waals surface area contributed by atoms with Crippen molar-refractivity contribution in [3.05, 3.63) is 12.2 Å². The standard InChI is InChI=1S/C9H16O2/c1-7(2)6-11-9-5-3-4-8(9)10/h8-10H,1,3-6H2,2H3/t8-,9+/m0/s1. The summed E-state index contributed by atoms with van der Waals surface area (Å²) in [6, 6.07) is 0. The van der Waals surface area contributed by atoms with Gasteiger partial charge in [0.2, 0.25) is 0 Å². The minimum atomic E-state index is -0.241. The second kappa shape index (κ2) is 3.88. The van der Waals surface area contributed by atoms with Gasteiger partial charge < -0.3 is 9.84 Å². The maximum Gasteiger partial charge on any atom is 0.0838 e. The predicted molar refractivity (Wildman–Crippen MR) is 44.4 cm³/mol. The fourth-order valence-corrected chi connectivity index (χ4v) is 1.35.